The molecule has 0 aliphatic rings. The minimum Gasteiger partial charge on any atom is -0.421 e. The zero-order chi connectivity index (χ0) is 16.1. The minimum absolute atomic E-state index is 0.00564. The Hall–Kier alpha value is -2.47. The van der Waals surface area contributed by atoms with E-state index in [1.807, 2.05) is 48.7 Å². The zero-order valence-electron chi connectivity index (χ0n) is 12.8. The molecule has 6 heteroatoms. The number of carbonyl (C=O) groups excluding carboxylic acids is 1. The highest BCUT2D eigenvalue weighted by atomic mass is 32.1. The van der Waals surface area contributed by atoms with E-state index in [0.717, 1.165) is 16.0 Å². The van der Waals surface area contributed by atoms with Gasteiger partial charge in [-0.3, -0.25) is 4.79 Å². The average molecular weight is 327 g/mol. The van der Waals surface area contributed by atoms with Crippen molar-refractivity contribution in [3.8, 4) is 11.5 Å². The van der Waals surface area contributed by atoms with Gasteiger partial charge >= 0.3 is 0 Å². The lowest BCUT2D eigenvalue weighted by Crippen LogP contribution is -2.27. The third kappa shape index (κ3) is 4.04. The molecule has 23 heavy (non-hydrogen) atoms. The van der Waals surface area contributed by atoms with Crippen molar-refractivity contribution >= 4 is 17.2 Å². The predicted molar refractivity (Wildman–Crippen MR) is 89.2 cm³/mol. The van der Waals surface area contributed by atoms with Crippen molar-refractivity contribution in [3.63, 3.8) is 0 Å². The Labute approximate surface area is 138 Å². The minimum atomic E-state index is 0.00564. The fraction of sp³-hybridized carbons (Fsp3) is 0.235. The summed E-state index contributed by atoms with van der Waals surface area (Å²) in [4.78, 5) is 12.9. The third-order valence-electron chi connectivity index (χ3n) is 3.42. The SMILES string of the molecule is Cc1ccccc1-c1nnc(CCNC(=O)Cc2cccs2)o1. The Morgan fingerprint density at radius 1 is 1.22 bits per heavy atom. The van der Waals surface area contributed by atoms with Crippen LogP contribution in [0.1, 0.15) is 16.3 Å². The van der Waals surface area contributed by atoms with Gasteiger partial charge in [-0.15, -0.1) is 21.5 Å². The van der Waals surface area contributed by atoms with Crippen LogP contribution in [0.4, 0.5) is 0 Å². The average Bonchev–Trinajstić information content (AvgIpc) is 3.20. The molecule has 0 radical (unpaired) electrons. The Morgan fingerprint density at radius 2 is 2.09 bits per heavy atom. The van der Waals surface area contributed by atoms with Crippen molar-refractivity contribution in [1.82, 2.24) is 15.5 Å². The van der Waals surface area contributed by atoms with Crippen LogP contribution < -0.4 is 5.32 Å². The fourth-order valence-corrected chi connectivity index (χ4v) is 2.92. The van der Waals surface area contributed by atoms with Crippen molar-refractivity contribution < 1.29 is 9.21 Å². The molecule has 0 aliphatic carbocycles. The maximum atomic E-state index is 11.8. The van der Waals surface area contributed by atoms with Gasteiger partial charge in [-0.25, -0.2) is 0 Å². The normalized spacial score (nSPS) is 10.7. The molecule has 1 amide bonds. The summed E-state index contributed by atoms with van der Waals surface area (Å²) in [6, 6.07) is 11.8. The highest BCUT2D eigenvalue weighted by molar-refractivity contribution is 7.10. The van der Waals surface area contributed by atoms with E-state index in [-0.39, 0.29) is 5.91 Å². The van der Waals surface area contributed by atoms with E-state index in [9.17, 15) is 4.79 Å². The van der Waals surface area contributed by atoms with E-state index in [0.29, 0.717) is 31.2 Å². The van der Waals surface area contributed by atoms with Crippen LogP contribution in [0.15, 0.2) is 46.2 Å². The molecule has 0 saturated carbocycles. The summed E-state index contributed by atoms with van der Waals surface area (Å²) in [6.45, 7) is 2.49. The summed E-state index contributed by atoms with van der Waals surface area (Å²) in [6.07, 6.45) is 0.936. The quantitative estimate of drug-likeness (QED) is 0.756. The molecule has 2 aromatic heterocycles. The van der Waals surface area contributed by atoms with Crippen LogP contribution in [0.5, 0.6) is 0 Å². The largest absolute Gasteiger partial charge is 0.421 e. The van der Waals surface area contributed by atoms with Crippen molar-refractivity contribution in [2.75, 3.05) is 6.54 Å². The topological polar surface area (TPSA) is 68.0 Å². The van der Waals surface area contributed by atoms with Crippen molar-refractivity contribution in [2.24, 2.45) is 0 Å². The lowest BCUT2D eigenvalue weighted by molar-refractivity contribution is -0.120. The van der Waals surface area contributed by atoms with E-state index in [4.69, 9.17) is 4.42 Å². The molecule has 3 aromatic rings. The molecule has 1 aromatic carbocycles. The first-order valence-electron chi connectivity index (χ1n) is 7.40. The van der Waals surface area contributed by atoms with E-state index in [1.54, 1.807) is 11.3 Å². The molecule has 0 fully saturated rings. The Kier molecular flexibility index (Phi) is 4.83. The number of thiophene rings is 1. The van der Waals surface area contributed by atoms with E-state index in [1.165, 1.54) is 0 Å². The second kappa shape index (κ2) is 7.19. The molecular weight excluding hydrogens is 310 g/mol. The van der Waals surface area contributed by atoms with Crippen molar-refractivity contribution in [1.29, 1.82) is 0 Å². The van der Waals surface area contributed by atoms with Gasteiger partial charge in [-0.1, -0.05) is 24.3 Å². The smallest absolute Gasteiger partial charge is 0.247 e. The molecule has 3 rings (SSSR count). The summed E-state index contributed by atoms with van der Waals surface area (Å²) in [5, 5.41) is 13.0. The molecule has 0 saturated heterocycles. The summed E-state index contributed by atoms with van der Waals surface area (Å²) in [5.41, 5.74) is 2.03. The first kappa shape index (κ1) is 15.4. The molecule has 5 nitrogen and oxygen atoms in total. The second-order valence-electron chi connectivity index (χ2n) is 5.17. The number of hydrogen-bond donors (Lipinski definition) is 1. The molecule has 1 N–H and O–H groups in total. The van der Waals surface area contributed by atoms with Crippen molar-refractivity contribution in [3.05, 3.63) is 58.1 Å². The van der Waals surface area contributed by atoms with Crippen molar-refractivity contribution in [2.45, 2.75) is 19.8 Å². The van der Waals surface area contributed by atoms with Gasteiger partial charge in [0, 0.05) is 23.4 Å². The van der Waals surface area contributed by atoms with Crippen LogP contribution in [0, 0.1) is 6.92 Å². The molecule has 118 valence electrons. The maximum absolute atomic E-state index is 11.8. The monoisotopic (exact) mass is 327 g/mol. The summed E-state index contributed by atoms with van der Waals surface area (Å²) in [7, 11) is 0. The van der Waals surface area contributed by atoms with Crippen LogP contribution in [-0.2, 0) is 17.6 Å². The van der Waals surface area contributed by atoms with Crippen LogP contribution in [-0.4, -0.2) is 22.6 Å². The number of aryl methyl sites for hydroxylation is 1. The summed E-state index contributed by atoms with van der Waals surface area (Å²) < 4.78 is 5.67. The second-order valence-corrected chi connectivity index (χ2v) is 6.20. The first-order chi connectivity index (χ1) is 11.2. The van der Waals surface area contributed by atoms with Crippen LogP contribution in [0.2, 0.25) is 0 Å². The number of nitrogens with zero attached hydrogens (tertiary/aromatic N) is 2. The van der Waals surface area contributed by atoms with Crippen LogP contribution >= 0.6 is 11.3 Å². The highest BCUT2D eigenvalue weighted by Gasteiger charge is 2.11. The zero-order valence-corrected chi connectivity index (χ0v) is 13.6. The first-order valence-corrected chi connectivity index (χ1v) is 8.28. The van der Waals surface area contributed by atoms with Crippen LogP contribution in [0.3, 0.4) is 0 Å². The summed E-state index contributed by atoms with van der Waals surface area (Å²) in [5.74, 6) is 1.05. The maximum Gasteiger partial charge on any atom is 0.247 e. The Morgan fingerprint density at radius 3 is 2.87 bits per heavy atom. The molecule has 2 heterocycles. The van der Waals surface area contributed by atoms with Gasteiger partial charge in [0.15, 0.2) is 0 Å². The molecule has 0 spiro atoms. The molecule has 0 bridgehead atoms. The van der Waals surface area contributed by atoms with Crippen LogP contribution in [0.25, 0.3) is 11.5 Å². The molecule has 0 unspecified atom stereocenters. The van der Waals surface area contributed by atoms with Gasteiger partial charge in [0.05, 0.1) is 6.42 Å². The lowest BCUT2D eigenvalue weighted by atomic mass is 10.1. The number of aromatic nitrogens is 2. The molecule has 0 aliphatic heterocycles. The van der Waals surface area contributed by atoms with Gasteiger partial charge in [-0.05, 0) is 30.0 Å². The number of hydrogen-bond acceptors (Lipinski definition) is 5. The van der Waals surface area contributed by atoms with Gasteiger partial charge in [0.25, 0.3) is 0 Å². The summed E-state index contributed by atoms with van der Waals surface area (Å²) >= 11 is 1.58. The third-order valence-corrected chi connectivity index (χ3v) is 4.29. The number of nitrogens with one attached hydrogen (secondary N) is 1. The number of carbonyl (C=O) groups is 1. The van der Waals surface area contributed by atoms with Gasteiger partial charge in [0.1, 0.15) is 0 Å². The Balaban J connectivity index is 1.52. The van der Waals surface area contributed by atoms with Gasteiger partial charge in [0.2, 0.25) is 17.7 Å². The standard InChI is InChI=1S/C17H17N3O2S/c1-12-5-2-3-7-14(12)17-20-19-16(22-17)8-9-18-15(21)11-13-6-4-10-23-13/h2-7,10H,8-9,11H2,1H3,(H,18,21). The highest BCUT2D eigenvalue weighted by Crippen LogP contribution is 2.21. The molecule has 0 atom stereocenters. The van der Waals surface area contributed by atoms with E-state index in [2.05, 4.69) is 15.5 Å². The number of benzene rings is 1. The van der Waals surface area contributed by atoms with Gasteiger partial charge < -0.3 is 9.73 Å². The van der Waals surface area contributed by atoms with E-state index >= 15 is 0 Å². The lowest BCUT2D eigenvalue weighted by Gasteiger charge is -2.02. The fourth-order valence-electron chi connectivity index (χ4n) is 2.22. The number of amides is 1. The predicted octanol–water partition coefficient (Wildman–Crippen LogP) is 3.01. The Bertz CT molecular complexity index is 781. The molecular formula is C17H17N3O2S. The van der Waals surface area contributed by atoms with Gasteiger partial charge in [-0.2, -0.15) is 0 Å². The van der Waals surface area contributed by atoms with E-state index < -0.39 is 0 Å². The number of rotatable bonds is 6.